The van der Waals surface area contributed by atoms with E-state index in [2.05, 4.69) is 10.6 Å². The molecule has 0 unspecified atom stereocenters. The Balaban J connectivity index is 1.67. The SMILES string of the molecule is CCc1cccc(NC(=O)CNc2ccc(F)c(S(=O)(=O)N3CCOCC3)c2)c1. The van der Waals surface area contributed by atoms with Crippen LogP contribution in [0.2, 0.25) is 0 Å². The normalized spacial score (nSPS) is 15.1. The van der Waals surface area contributed by atoms with Crippen LogP contribution in [0, 0.1) is 5.82 Å². The standard InChI is InChI=1S/C20H24FN3O4S/c1-2-15-4-3-5-17(12-15)23-20(25)14-22-16-6-7-18(21)19(13-16)29(26,27)24-8-10-28-11-9-24/h3-7,12-13,22H,2,8-11,14H2,1H3,(H,23,25). The number of ether oxygens (including phenoxy) is 1. The summed E-state index contributed by atoms with van der Waals surface area (Å²) in [6.07, 6.45) is 0.859. The molecule has 0 spiro atoms. The molecule has 9 heteroatoms. The van der Waals surface area contributed by atoms with Crippen LogP contribution in [0.25, 0.3) is 0 Å². The number of sulfonamides is 1. The highest BCUT2D eigenvalue weighted by Crippen LogP contribution is 2.24. The second-order valence-electron chi connectivity index (χ2n) is 6.62. The molecule has 2 aromatic rings. The van der Waals surface area contributed by atoms with Gasteiger partial charge < -0.3 is 15.4 Å². The van der Waals surface area contributed by atoms with Crippen LogP contribution in [-0.2, 0) is 26.0 Å². The van der Waals surface area contributed by atoms with E-state index < -0.39 is 20.7 Å². The van der Waals surface area contributed by atoms with Gasteiger partial charge in [-0.2, -0.15) is 4.31 Å². The van der Waals surface area contributed by atoms with Crippen LogP contribution in [0.4, 0.5) is 15.8 Å². The summed E-state index contributed by atoms with van der Waals surface area (Å²) in [5.74, 6) is -1.12. The van der Waals surface area contributed by atoms with Crippen LogP contribution < -0.4 is 10.6 Å². The first kappa shape index (κ1) is 21.2. The van der Waals surface area contributed by atoms with Crippen LogP contribution in [0.3, 0.4) is 0 Å². The number of aryl methyl sites for hydroxylation is 1. The van der Waals surface area contributed by atoms with E-state index in [1.807, 2.05) is 25.1 Å². The zero-order valence-electron chi connectivity index (χ0n) is 16.2. The van der Waals surface area contributed by atoms with Gasteiger partial charge in [0, 0.05) is 24.5 Å². The minimum Gasteiger partial charge on any atom is -0.379 e. The summed E-state index contributed by atoms with van der Waals surface area (Å²) >= 11 is 0. The van der Waals surface area contributed by atoms with Crippen molar-refractivity contribution in [1.29, 1.82) is 0 Å². The predicted octanol–water partition coefficient (Wildman–Crippen LogP) is 2.46. The summed E-state index contributed by atoms with van der Waals surface area (Å²) in [7, 11) is -3.97. The van der Waals surface area contributed by atoms with Crippen molar-refractivity contribution in [3.05, 3.63) is 53.8 Å². The molecule has 1 fully saturated rings. The maximum Gasteiger partial charge on any atom is 0.246 e. The number of amides is 1. The lowest BCUT2D eigenvalue weighted by Crippen LogP contribution is -2.40. The lowest BCUT2D eigenvalue weighted by Gasteiger charge is -2.26. The number of nitrogens with one attached hydrogen (secondary N) is 2. The number of morpholine rings is 1. The fourth-order valence-electron chi connectivity index (χ4n) is 2.99. The van der Waals surface area contributed by atoms with E-state index >= 15 is 0 Å². The Morgan fingerprint density at radius 1 is 1.14 bits per heavy atom. The van der Waals surface area contributed by atoms with E-state index in [1.54, 1.807) is 6.07 Å². The number of anilines is 2. The number of hydrogen-bond donors (Lipinski definition) is 2. The lowest BCUT2D eigenvalue weighted by atomic mass is 10.1. The Hall–Kier alpha value is -2.49. The van der Waals surface area contributed by atoms with Gasteiger partial charge in [0.05, 0.1) is 19.8 Å². The van der Waals surface area contributed by atoms with Crippen LogP contribution in [0.5, 0.6) is 0 Å². The van der Waals surface area contributed by atoms with Gasteiger partial charge in [-0.15, -0.1) is 0 Å². The molecule has 0 atom stereocenters. The Labute approximate surface area is 169 Å². The fourth-order valence-corrected chi connectivity index (χ4v) is 4.49. The minimum absolute atomic E-state index is 0.0843. The van der Waals surface area contributed by atoms with Gasteiger partial charge in [-0.25, -0.2) is 12.8 Å². The van der Waals surface area contributed by atoms with Gasteiger partial charge in [0.1, 0.15) is 10.7 Å². The number of carbonyl (C=O) groups is 1. The number of benzene rings is 2. The lowest BCUT2D eigenvalue weighted by molar-refractivity contribution is -0.114. The highest BCUT2D eigenvalue weighted by Gasteiger charge is 2.29. The third kappa shape index (κ3) is 5.31. The molecule has 2 aromatic carbocycles. The van der Waals surface area contributed by atoms with Crippen molar-refractivity contribution in [2.45, 2.75) is 18.2 Å². The van der Waals surface area contributed by atoms with Crippen LogP contribution >= 0.6 is 0 Å². The molecule has 1 amide bonds. The summed E-state index contributed by atoms with van der Waals surface area (Å²) in [4.78, 5) is 11.8. The van der Waals surface area contributed by atoms with Crippen molar-refractivity contribution in [3.63, 3.8) is 0 Å². The van der Waals surface area contributed by atoms with Crippen molar-refractivity contribution in [2.75, 3.05) is 43.5 Å². The Morgan fingerprint density at radius 3 is 2.62 bits per heavy atom. The van der Waals surface area contributed by atoms with Gasteiger partial charge in [-0.3, -0.25) is 4.79 Å². The minimum atomic E-state index is -3.97. The first-order valence-corrected chi connectivity index (χ1v) is 10.8. The molecule has 0 bridgehead atoms. The van der Waals surface area contributed by atoms with Gasteiger partial charge in [0.2, 0.25) is 15.9 Å². The second kappa shape index (κ2) is 9.34. The quantitative estimate of drug-likeness (QED) is 0.717. The average Bonchev–Trinajstić information content (AvgIpc) is 2.73. The molecule has 1 aliphatic heterocycles. The maximum atomic E-state index is 14.2. The Bertz CT molecular complexity index is 975. The zero-order valence-corrected chi connectivity index (χ0v) is 17.0. The molecule has 29 heavy (non-hydrogen) atoms. The highest BCUT2D eigenvalue weighted by molar-refractivity contribution is 7.89. The second-order valence-corrected chi connectivity index (χ2v) is 8.52. The molecule has 1 aliphatic rings. The molecule has 0 aromatic heterocycles. The van der Waals surface area contributed by atoms with E-state index in [1.165, 1.54) is 16.4 Å². The number of nitrogens with zero attached hydrogens (tertiary/aromatic N) is 1. The van der Waals surface area contributed by atoms with Crippen LogP contribution in [0.15, 0.2) is 47.4 Å². The van der Waals surface area contributed by atoms with E-state index in [0.29, 0.717) is 11.4 Å². The number of halogens is 1. The molecule has 1 saturated heterocycles. The van der Waals surface area contributed by atoms with E-state index in [0.717, 1.165) is 18.1 Å². The first-order chi connectivity index (χ1) is 13.9. The van der Waals surface area contributed by atoms with Crippen molar-refractivity contribution >= 4 is 27.3 Å². The zero-order chi connectivity index (χ0) is 20.9. The summed E-state index contributed by atoms with van der Waals surface area (Å²) in [6, 6.07) is 11.2. The molecular weight excluding hydrogens is 397 g/mol. The summed E-state index contributed by atoms with van der Waals surface area (Å²) in [5, 5.41) is 5.63. The smallest absolute Gasteiger partial charge is 0.246 e. The molecular formula is C20H24FN3O4S. The molecule has 1 heterocycles. The monoisotopic (exact) mass is 421 g/mol. The third-order valence-corrected chi connectivity index (χ3v) is 6.50. The molecule has 7 nitrogen and oxygen atoms in total. The molecule has 0 radical (unpaired) electrons. The van der Waals surface area contributed by atoms with Gasteiger partial charge in [0.25, 0.3) is 0 Å². The van der Waals surface area contributed by atoms with Crippen molar-refractivity contribution in [3.8, 4) is 0 Å². The summed E-state index contributed by atoms with van der Waals surface area (Å²) in [5.41, 5.74) is 2.13. The van der Waals surface area contributed by atoms with Crippen molar-refractivity contribution in [2.24, 2.45) is 0 Å². The van der Waals surface area contributed by atoms with Crippen molar-refractivity contribution in [1.82, 2.24) is 4.31 Å². The van der Waals surface area contributed by atoms with Crippen molar-refractivity contribution < 1.29 is 22.3 Å². The number of hydrogen-bond acceptors (Lipinski definition) is 5. The van der Waals surface area contributed by atoms with E-state index in [4.69, 9.17) is 4.74 Å². The highest BCUT2D eigenvalue weighted by atomic mass is 32.2. The van der Waals surface area contributed by atoms with Gasteiger partial charge in [0.15, 0.2) is 0 Å². The molecule has 156 valence electrons. The summed E-state index contributed by atoms with van der Waals surface area (Å²) in [6.45, 7) is 2.85. The van der Waals surface area contributed by atoms with Gasteiger partial charge in [-0.05, 0) is 42.3 Å². The van der Waals surface area contributed by atoms with E-state index in [-0.39, 0.29) is 38.8 Å². The largest absolute Gasteiger partial charge is 0.379 e. The fraction of sp³-hybridized carbons (Fsp3) is 0.350. The number of carbonyl (C=O) groups excluding carboxylic acids is 1. The van der Waals surface area contributed by atoms with E-state index in [9.17, 15) is 17.6 Å². The molecule has 3 rings (SSSR count). The number of rotatable bonds is 7. The molecule has 2 N–H and O–H groups in total. The average molecular weight is 421 g/mol. The first-order valence-electron chi connectivity index (χ1n) is 9.40. The van der Waals surface area contributed by atoms with Gasteiger partial charge in [-0.1, -0.05) is 19.1 Å². The van der Waals surface area contributed by atoms with Crippen LogP contribution in [0.1, 0.15) is 12.5 Å². The maximum absolute atomic E-state index is 14.2. The summed E-state index contributed by atoms with van der Waals surface area (Å²) < 4.78 is 46.0. The molecule has 0 aliphatic carbocycles. The predicted molar refractivity (Wildman–Crippen MR) is 109 cm³/mol. The molecule has 0 saturated carbocycles. The Kier molecular flexibility index (Phi) is 6.83. The Morgan fingerprint density at radius 2 is 1.90 bits per heavy atom. The third-order valence-electron chi connectivity index (χ3n) is 4.59. The topological polar surface area (TPSA) is 87.7 Å². The van der Waals surface area contributed by atoms with Crippen LogP contribution in [-0.4, -0.2) is 51.5 Å². The van der Waals surface area contributed by atoms with Gasteiger partial charge >= 0.3 is 0 Å².